The zero-order valence-corrected chi connectivity index (χ0v) is 13.2. The molecule has 0 spiro atoms. The van der Waals surface area contributed by atoms with E-state index in [-0.39, 0.29) is 5.91 Å². The molecule has 3 heteroatoms. The van der Waals surface area contributed by atoms with Crippen molar-refractivity contribution in [2.24, 2.45) is 5.10 Å². The second-order valence-electron chi connectivity index (χ2n) is 5.42. The first kappa shape index (κ1) is 17.4. The van der Waals surface area contributed by atoms with Gasteiger partial charge in [0, 0.05) is 6.21 Å². The van der Waals surface area contributed by atoms with E-state index < -0.39 is 0 Å². The lowest BCUT2D eigenvalue weighted by atomic mass is 10.1. The third-order valence-corrected chi connectivity index (χ3v) is 3.42. The maximum atomic E-state index is 11.6. The van der Waals surface area contributed by atoms with Crippen molar-refractivity contribution in [1.29, 1.82) is 0 Å². The number of unbranched alkanes of at least 4 members (excludes halogenated alkanes) is 7. The molecule has 0 heterocycles. The lowest BCUT2D eigenvalue weighted by Crippen LogP contribution is -2.19. The number of hydrogen-bond acceptors (Lipinski definition) is 2. The van der Waals surface area contributed by atoms with Crippen LogP contribution in [0.2, 0.25) is 0 Å². The van der Waals surface area contributed by atoms with Crippen LogP contribution in [-0.2, 0) is 11.2 Å². The van der Waals surface area contributed by atoms with E-state index >= 15 is 0 Å². The van der Waals surface area contributed by atoms with Gasteiger partial charge in [-0.25, -0.2) is 5.43 Å². The summed E-state index contributed by atoms with van der Waals surface area (Å²) in [6.07, 6.45) is 12.2. The van der Waals surface area contributed by atoms with E-state index in [2.05, 4.69) is 17.5 Å². The summed E-state index contributed by atoms with van der Waals surface area (Å²) >= 11 is 0. The van der Waals surface area contributed by atoms with Crippen molar-refractivity contribution in [3.8, 4) is 0 Å². The van der Waals surface area contributed by atoms with Gasteiger partial charge in [0.2, 0.25) is 5.91 Å². The monoisotopic (exact) mass is 288 g/mol. The van der Waals surface area contributed by atoms with Crippen LogP contribution in [0.15, 0.2) is 35.4 Å². The van der Waals surface area contributed by atoms with Crippen LogP contribution in [0.1, 0.15) is 63.9 Å². The van der Waals surface area contributed by atoms with E-state index in [0.29, 0.717) is 6.42 Å². The Morgan fingerprint density at radius 3 is 2.43 bits per heavy atom. The van der Waals surface area contributed by atoms with E-state index in [1.165, 1.54) is 38.5 Å². The molecular weight excluding hydrogens is 260 g/mol. The molecule has 1 aromatic rings. The molecule has 0 unspecified atom stereocenters. The molecule has 116 valence electrons. The lowest BCUT2D eigenvalue weighted by molar-refractivity contribution is -0.120. The predicted octanol–water partition coefficient (Wildman–Crippen LogP) is 4.47. The number of hydrazone groups is 1. The fraction of sp³-hybridized carbons (Fsp3) is 0.556. The first-order valence-electron chi connectivity index (χ1n) is 8.17. The predicted molar refractivity (Wildman–Crippen MR) is 89.4 cm³/mol. The third-order valence-electron chi connectivity index (χ3n) is 3.42. The second kappa shape index (κ2) is 12.1. The van der Waals surface area contributed by atoms with Crippen LogP contribution in [0.3, 0.4) is 0 Å². The minimum absolute atomic E-state index is 0.0583. The summed E-state index contributed by atoms with van der Waals surface area (Å²) in [4.78, 5) is 11.6. The van der Waals surface area contributed by atoms with Crippen molar-refractivity contribution in [2.75, 3.05) is 0 Å². The molecule has 0 aliphatic heterocycles. The van der Waals surface area contributed by atoms with Crippen molar-refractivity contribution in [1.82, 2.24) is 5.43 Å². The van der Waals surface area contributed by atoms with Crippen LogP contribution in [0, 0.1) is 0 Å². The van der Waals surface area contributed by atoms with Crippen LogP contribution in [0.4, 0.5) is 0 Å². The van der Waals surface area contributed by atoms with Gasteiger partial charge in [0.1, 0.15) is 0 Å². The van der Waals surface area contributed by atoms with Crippen LogP contribution in [0.5, 0.6) is 0 Å². The van der Waals surface area contributed by atoms with Gasteiger partial charge < -0.3 is 0 Å². The number of benzene rings is 1. The molecule has 3 nitrogen and oxygen atoms in total. The molecule has 0 saturated heterocycles. The SMILES string of the molecule is CCCCCCCCCC=NNC(=O)Cc1ccccc1. The van der Waals surface area contributed by atoms with Crippen LogP contribution < -0.4 is 5.43 Å². The minimum atomic E-state index is -0.0583. The number of hydrogen-bond donors (Lipinski definition) is 1. The molecule has 1 N–H and O–H groups in total. The average Bonchev–Trinajstić information content (AvgIpc) is 2.50. The van der Waals surface area contributed by atoms with Gasteiger partial charge in [-0.05, 0) is 18.4 Å². The molecule has 0 bridgehead atoms. The molecule has 0 aliphatic rings. The Hall–Kier alpha value is -1.64. The van der Waals surface area contributed by atoms with Crippen molar-refractivity contribution in [3.63, 3.8) is 0 Å². The van der Waals surface area contributed by atoms with Gasteiger partial charge in [-0.1, -0.05) is 75.8 Å². The van der Waals surface area contributed by atoms with Crippen LogP contribution >= 0.6 is 0 Å². The Kier molecular flexibility index (Phi) is 10.1. The molecule has 1 rings (SSSR count). The number of carbonyl (C=O) groups is 1. The first-order chi connectivity index (χ1) is 10.3. The van der Waals surface area contributed by atoms with Crippen LogP contribution in [0.25, 0.3) is 0 Å². The van der Waals surface area contributed by atoms with Crippen molar-refractivity contribution in [3.05, 3.63) is 35.9 Å². The van der Waals surface area contributed by atoms with E-state index in [1.54, 1.807) is 0 Å². The molecule has 0 radical (unpaired) electrons. The van der Waals surface area contributed by atoms with Gasteiger partial charge in [-0.2, -0.15) is 5.10 Å². The standard InChI is InChI=1S/C18H28N2O/c1-2-3-4-5-6-7-8-12-15-19-20-18(21)16-17-13-10-9-11-14-17/h9-11,13-15H,2-8,12,16H2,1H3,(H,20,21). The summed E-state index contributed by atoms with van der Waals surface area (Å²) in [7, 11) is 0. The number of nitrogens with one attached hydrogen (secondary N) is 1. The first-order valence-corrected chi connectivity index (χ1v) is 8.17. The van der Waals surface area contributed by atoms with E-state index in [4.69, 9.17) is 0 Å². The number of rotatable bonds is 11. The highest BCUT2D eigenvalue weighted by Crippen LogP contribution is 2.07. The van der Waals surface area contributed by atoms with Gasteiger partial charge in [-0.15, -0.1) is 0 Å². The molecule has 0 saturated carbocycles. The lowest BCUT2D eigenvalue weighted by Gasteiger charge is -2.00. The molecule has 0 atom stereocenters. The highest BCUT2D eigenvalue weighted by Gasteiger charge is 2.00. The van der Waals surface area contributed by atoms with Gasteiger partial charge in [0.15, 0.2) is 0 Å². The quantitative estimate of drug-likeness (QED) is 0.364. The molecule has 1 aromatic carbocycles. The van der Waals surface area contributed by atoms with Crippen LogP contribution in [-0.4, -0.2) is 12.1 Å². The fourth-order valence-electron chi connectivity index (χ4n) is 2.20. The number of nitrogens with zero attached hydrogens (tertiary/aromatic N) is 1. The van der Waals surface area contributed by atoms with Gasteiger partial charge in [-0.3, -0.25) is 4.79 Å². The van der Waals surface area contributed by atoms with E-state index in [0.717, 1.165) is 18.4 Å². The average molecular weight is 288 g/mol. The summed E-state index contributed by atoms with van der Waals surface area (Å²) < 4.78 is 0. The topological polar surface area (TPSA) is 41.5 Å². The normalized spacial score (nSPS) is 10.9. The minimum Gasteiger partial charge on any atom is -0.273 e. The highest BCUT2D eigenvalue weighted by molar-refractivity contribution is 5.79. The summed E-state index contributed by atoms with van der Waals surface area (Å²) in [5, 5.41) is 3.99. The van der Waals surface area contributed by atoms with Gasteiger partial charge in [0.25, 0.3) is 0 Å². The summed E-state index contributed by atoms with van der Waals surface area (Å²) in [5.41, 5.74) is 3.59. The van der Waals surface area contributed by atoms with E-state index in [9.17, 15) is 4.79 Å². The van der Waals surface area contributed by atoms with Crippen molar-refractivity contribution < 1.29 is 4.79 Å². The Labute approximate surface area is 128 Å². The zero-order valence-electron chi connectivity index (χ0n) is 13.2. The maximum absolute atomic E-state index is 11.6. The molecule has 0 fully saturated rings. The van der Waals surface area contributed by atoms with E-state index in [1.807, 2.05) is 36.5 Å². The fourth-order valence-corrected chi connectivity index (χ4v) is 2.20. The number of carbonyl (C=O) groups excluding carboxylic acids is 1. The Morgan fingerprint density at radius 2 is 1.71 bits per heavy atom. The largest absolute Gasteiger partial charge is 0.273 e. The summed E-state index contributed by atoms with van der Waals surface area (Å²) in [6.45, 7) is 2.24. The Balaban J connectivity index is 1.98. The Bertz CT molecular complexity index is 401. The maximum Gasteiger partial charge on any atom is 0.244 e. The molecule has 0 aliphatic carbocycles. The van der Waals surface area contributed by atoms with Gasteiger partial charge >= 0.3 is 0 Å². The van der Waals surface area contributed by atoms with Crippen molar-refractivity contribution in [2.45, 2.75) is 64.7 Å². The highest BCUT2D eigenvalue weighted by atomic mass is 16.2. The smallest absolute Gasteiger partial charge is 0.244 e. The summed E-state index contributed by atoms with van der Waals surface area (Å²) in [5.74, 6) is -0.0583. The van der Waals surface area contributed by atoms with Crippen molar-refractivity contribution >= 4 is 12.1 Å². The van der Waals surface area contributed by atoms with Gasteiger partial charge in [0.05, 0.1) is 6.42 Å². The third kappa shape index (κ3) is 9.83. The number of amides is 1. The second-order valence-corrected chi connectivity index (χ2v) is 5.42. The Morgan fingerprint density at radius 1 is 1.05 bits per heavy atom. The molecule has 0 aromatic heterocycles. The zero-order chi connectivity index (χ0) is 15.2. The molecular formula is C18H28N2O. The molecule has 1 amide bonds. The molecule has 21 heavy (non-hydrogen) atoms. The summed E-state index contributed by atoms with van der Waals surface area (Å²) in [6, 6.07) is 9.71.